The Morgan fingerprint density at radius 3 is 2.60 bits per heavy atom. The molecule has 0 aromatic carbocycles. The minimum absolute atomic E-state index is 0.182. The number of amides is 1. The second-order valence-electron chi connectivity index (χ2n) is 8.12. The van der Waals surface area contributed by atoms with E-state index in [0.717, 1.165) is 37.8 Å². The number of nitrogens with two attached hydrogens (primary N) is 1. The molecule has 2 aliphatic carbocycles. The van der Waals surface area contributed by atoms with Gasteiger partial charge in [-0.3, -0.25) is 4.79 Å². The van der Waals surface area contributed by atoms with Gasteiger partial charge in [-0.2, -0.15) is 0 Å². The van der Waals surface area contributed by atoms with Crippen molar-refractivity contribution in [1.82, 2.24) is 9.97 Å². The summed E-state index contributed by atoms with van der Waals surface area (Å²) in [6.45, 7) is 2.29. The van der Waals surface area contributed by atoms with E-state index in [2.05, 4.69) is 22.2 Å². The van der Waals surface area contributed by atoms with Gasteiger partial charge in [0, 0.05) is 12.2 Å². The van der Waals surface area contributed by atoms with Crippen LogP contribution in [-0.2, 0) is 6.42 Å². The van der Waals surface area contributed by atoms with E-state index in [-0.39, 0.29) is 17.6 Å². The molecule has 0 atom stereocenters. The van der Waals surface area contributed by atoms with Gasteiger partial charge >= 0.3 is 0 Å². The predicted molar refractivity (Wildman–Crippen MR) is 97.3 cm³/mol. The summed E-state index contributed by atoms with van der Waals surface area (Å²) >= 11 is 0. The third kappa shape index (κ3) is 4.69. The van der Waals surface area contributed by atoms with Gasteiger partial charge in [-0.1, -0.05) is 26.2 Å². The van der Waals surface area contributed by atoms with Crippen LogP contribution in [0.25, 0.3) is 0 Å². The fraction of sp³-hybridized carbons (Fsp3) is 0.737. The molecule has 3 rings (SSSR count). The number of aliphatic hydroxyl groups is 1. The molecule has 0 spiro atoms. The molecular formula is C19H30N4O2. The first-order chi connectivity index (χ1) is 12.0. The van der Waals surface area contributed by atoms with E-state index in [1.807, 2.05) is 0 Å². The Kier molecular flexibility index (Phi) is 5.57. The summed E-state index contributed by atoms with van der Waals surface area (Å²) in [5, 5.41) is 13.0. The van der Waals surface area contributed by atoms with E-state index in [1.54, 1.807) is 6.20 Å². The maximum Gasteiger partial charge on any atom is 0.252 e. The number of rotatable bonds is 5. The van der Waals surface area contributed by atoms with Crippen LogP contribution >= 0.6 is 0 Å². The molecule has 1 aromatic heterocycles. The highest BCUT2D eigenvalue weighted by molar-refractivity contribution is 5.93. The van der Waals surface area contributed by atoms with E-state index in [4.69, 9.17) is 5.73 Å². The molecule has 1 amide bonds. The first kappa shape index (κ1) is 18.1. The highest BCUT2D eigenvalue weighted by atomic mass is 16.3. The quantitative estimate of drug-likeness (QED) is 0.761. The fourth-order valence-electron chi connectivity index (χ4n) is 4.22. The lowest BCUT2D eigenvalue weighted by molar-refractivity contribution is 0.0997. The summed E-state index contributed by atoms with van der Waals surface area (Å²) in [4.78, 5) is 20.8. The fourth-order valence-corrected chi connectivity index (χ4v) is 4.22. The topological polar surface area (TPSA) is 101 Å². The van der Waals surface area contributed by atoms with Crippen LogP contribution in [0.4, 0.5) is 5.95 Å². The Balaban J connectivity index is 1.76. The standard InChI is InChI=1S/C19H30N4O2/c1-19(9-3-2-4-10-19)11-16-15(17(20)25)12-21-18(23-16)22-13-5-7-14(24)8-6-13/h12-14,24H,2-11H2,1H3,(H2,20,25)(H,21,22,23). The van der Waals surface area contributed by atoms with Crippen LogP contribution in [-0.4, -0.2) is 33.1 Å². The van der Waals surface area contributed by atoms with E-state index >= 15 is 0 Å². The average Bonchev–Trinajstić information content (AvgIpc) is 2.57. The smallest absolute Gasteiger partial charge is 0.252 e. The number of hydrogen-bond donors (Lipinski definition) is 3. The second kappa shape index (κ2) is 7.68. The summed E-state index contributed by atoms with van der Waals surface area (Å²) in [5.74, 6) is 0.113. The van der Waals surface area contributed by atoms with Gasteiger partial charge in [-0.25, -0.2) is 9.97 Å². The zero-order chi connectivity index (χ0) is 17.9. The Labute approximate surface area is 149 Å². The molecule has 2 saturated carbocycles. The van der Waals surface area contributed by atoms with Crippen molar-refractivity contribution in [3.8, 4) is 0 Å². The summed E-state index contributed by atoms with van der Waals surface area (Å²) in [6, 6.07) is 0.279. The maximum atomic E-state index is 11.8. The van der Waals surface area contributed by atoms with Crippen LogP contribution < -0.4 is 11.1 Å². The number of primary amides is 1. The number of hydrogen-bond acceptors (Lipinski definition) is 5. The summed E-state index contributed by atoms with van der Waals surface area (Å²) in [5.41, 5.74) is 6.94. The van der Waals surface area contributed by atoms with Gasteiger partial charge in [0.05, 0.1) is 17.4 Å². The highest BCUT2D eigenvalue weighted by Crippen LogP contribution is 2.39. The lowest BCUT2D eigenvalue weighted by atomic mass is 9.72. The van der Waals surface area contributed by atoms with E-state index in [0.29, 0.717) is 11.5 Å². The summed E-state index contributed by atoms with van der Waals surface area (Å²) in [6.07, 6.45) is 11.7. The number of nitrogens with one attached hydrogen (secondary N) is 1. The Hall–Kier alpha value is -1.69. The molecule has 6 nitrogen and oxygen atoms in total. The largest absolute Gasteiger partial charge is 0.393 e. The first-order valence-corrected chi connectivity index (χ1v) is 9.55. The Morgan fingerprint density at radius 1 is 1.28 bits per heavy atom. The van der Waals surface area contributed by atoms with Gasteiger partial charge in [-0.05, 0) is 50.4 Å². The first-order valence-electron chi connectivity index (χ1n) is 9.55. The third-order valence-electron chi connectivity index (χ3n) is 5.82. The van der Waals surface area contributed by atoms with Crippen molar-refractivity contribution in [2.45, 2.75) is 83.3 Å². The van der Waals surface area contributed by atoms with Crippen molar-refractivity contribution >= 4 is 11.9 Å². The third-order valence-corrected chi connectivity index (χ3v) is 5.82. The molecule has 6 heteroatoms. The number of aliphatic hydroxyl groups excluding tert-OH is 1. The Bertz CT molecular complexity index is 605. The summed E-state index contributed by atoms with van der Waals surface area (Å²) in [7, 11) is 0. The maximum absolute atomic E-state index is 11.8. The number of carbonyl (C=O) groups is 1. The molecule has 0 saturated heterocycles. The Morgan fingerprint density at radius 2 is 1.96 bits per heavy atom. The lowest BCUT2D eigenvalue weighted by Gasteiger charge is -2.33. The molecular weight excluding hydrogens is 316 g/mol. The minimum Gasteiger partial charge on any atom is -0.393 e. The van der Waals surface area contributed by atoms with Crippen molar-refractivity contribution in [1.29, 1.82) is 0 Å². The molecule has 1 heterocycles. The SMILES string of the molecule is CC1(Cc2nc(NC3CCC(O)CC3)ncc2C(N)=O)CCCCC1. The molecule has 25 heavy (non-hydrogen) atoms. The molecule has 2 fully saturated rings. The zero-order valence-electron chi connectivity index (χ0n) is 15.1. The van der Waals surface area contributed by atoms with Crippen molar-refractivity contribution in [2.75, 3.05) is 5.32 Å². The molecule has 2 aliphatic rings. The molecule has 4 N–H and O–H groups in total. The van der Waals surface area contributed by atoms with Gasteiger partial charge in [0.15, 0.2) is 0 Å². The van der Waals surface area contributed by atoms with Crippen LogP contribution in [0.1, 0.15) is 80.8 Å². The zero-order valence-corrected chi connectivity index (χ0v) is 15.1. The number of nitrogens with zero attached hydrogens (tertiary/aromatic N) is 2. The average molecular weight is 346 g/mol. The predicted octanol–water partition coefficient (Wildman–Crippen LogP) is 2.80. The van der Waals surface area contributed by atoms with E-state index < -0.39 is 5.91 Å². The van der Waals surface area contributed by atoms with Crippen LogP contribution in [0.3, 0.4) is 0 Å². The number of carbonyl (C=O) groups excluding carboxylic acids is 1. The van der Waals surface area contributed by atoms with Crippen molar-refractivity contribution < 1.29 is 9.90 Å². The van der Waals surface area contributed by atoms with Crippen LogP contribution in [0, 0.1) is 5.41 Å². The normalized spacial score (nSPS) is 26.2. The number of aromatic nitrogens is 2. The molecule has 138 valence electrons. The molecule has 0 bridgehead atoms. The molecule has 1 aromatic rings. The van der Waals surface area contributed by atoms with Gasteiger partial charge < -0.3 is 16.2 Å². The highest BCUT2D eigenvalue weighted by Gasteiger charge is 2.30. The molecule has 0 radical (unpaired) electrons. The van der Waals surface area contributed by atoms with Crippen LogP contribution in [0.5, 0.6) is 0 Å². The molecule has 0 unspecified atom stereocenters. The lowest BCUT2D eigenvalue weighted by Crippen LogP contribution is -2.30. The minimum atomic E-state index is -0.457. The van der Waals surface area contributed by atoms with Gasteiger partial charge in [0.25, 0.3) is 5.91 Å². The molecule has 0 aliphatic heterocycles. The van der Waals surface area contributed by atoms with Crippen molar-refractivity contribution in [3.63, 3.8) is 0 Å². The van der Waals surface area contributed by atoms with Crippen molar-refractivity contribution in [3.05, 3.63) is 17.5 Å². The van der Waals surface area contributed by atoms with Gasteiger partial charge in [0.1, 0.15) is 0 Å². The summed E-state index contributed by atoms with van der Waals surface area (Å²) < 4.78 is 0. The second-order valence-corrected chi connectivity index (χ2v) is 8.12. The van der Waals surface area contributed by atoms with E-state index in [1.165, 1.54) is 32.1 Å². The van der Waals surface area contributed by atoms with Gasteiger partial charge in [-0.15, -0.1) is 0 Å². The number of anilines is 1. The van der Waals surface area contributed by atoms with Gasteiger partial charge in [0.2, 0.25) is 5.95 Å². The monoisotopic (exact) mass is 346 g/mol. The van der Waals surface area contributed by atoms with Crippen LogP contribution in [0.15, 0.2) is 6.20 Å². The van der Waals surface area contributed by atoms with E-state index in [9.17, 15) is 9.90 Å². The van der Waals surface area contributed by atoms with Crippen molar-refractivity contribution in [2.24, 2.45) is 11.1 Å². The van der Waals surface area contributed by atoms with Crippen LogP contribution in [0.2, 0.25) is 0 Å².